The van der Waals surface area contributed by atoms with E-state index < -0.39 is 0 Å². The zero-order valence-corrected chi connectivity index (χ0v) is 19.5. The third-order valence-electron chi connectivity index (χ3n) is 7.00. The third-order valence-corrected chi connectivity index (χ3v) is 7.95. The Hall–Kier alpha value is -3.95. The molecule has 2 heterocycles. The van der Waals surface area contributed by atoms with Crippen LogP contribution in [-0.2, 0) is 13.0 Å². The molecule has 0 saturated carbocycles. The Morgan fingerprint density at radius 3 is 2.65 bits per heavy atom. The number of aromatic nitrogens is 1. The van der Waals surface area contributed by atoms with Gasteiger partial charge in [0.05, 0.1) is 23.3 Å². The summed E-state index contributed by atoms with van der Waals surface area (Å²) in [5.41, 5.74) is 7.57. The molecular formula is C31H22N2S. The second-order valence-electron chi connectivity index (χ2n) is 8.80. The number of fused-ring (bicyclic) bond motifs is 10. The minimum Gasteiger partial charge on any atom is -0.308 e. The van der Waals surface area contributed by atoms with Gasteiger partial charge in [-0.15, -0.1) is 11.3 Å². The van der Waals surface area contributed by atoms with Gasteiger partial charge >= 0.3 is 0 Å². The van der Waals surface area contributed by atoms with E-state index in [1.165, 1.54) is 65.0 Å². The molecule has 162 valence electrons. The van der Waals surface area contributed by atoms with Crippen molar-refractivity contribution in [1.29, 1.82) is 0 Å². The number of aliphatic imine (C=N–C) groups is 1. The number of thiophene rings is 1. The first kappa shape index (κ1) is 19.5. The monoisotopic (exact) mass is 454 g/mol. The summed E-state index contributed by atoms with van der Waals surface area (Å²) in [5, 5.41) is 8.85. The number of para-hydroxylation sites is 1. The molecule has 0 aliphatic heterocycles. The Balaban J connectivity index is 1.82. The zero-order valence-electron chi connectivity index (χ0n) is 18.7. The lowest BCUT2D eigenvalue weighted by Crippen LogP contribution is -2.02. The van der Waals surface area contributed by atoms with Crippen molar-refractivity contribution in [3.8, 4) is 5.69 Å². The number of nitrogens with zero attached hydrogens (tertiary/aromatic N) is 2. The molecule has 0 amide bonds. The quantitative estimate of drug-likeness (QED) is 0.239. The molecule has 0 radical (unpaired) electrons. The van der Waals surface area contributed by atoms with Crippen LogP contribution in [0.2, 0.25) is 0 Å². The molecule has 0 N–H and O–H groups in total. The van der Waals surface area contributed by atoms with Crippen molar-refractivity contribution in [1.82, 2.24) is 4.57 Å². The normalized spacial score (nSPS) is 13.2. The fraction of sp³-hybridized carbons (Fsp3) is 0.0645. The van der Waals surface area contributed by atoms with E-state index in [-0.39, 0.29) is 0 Å². The predicted octanol–water partition coefficient (Wildman–Crippen LogP) is 8.48. The minimum atomic E-state index is 0.589. The average Bonchev–Trinajstić information content (AvgIpc) is 3.39. The van der Waals surface area contributed by atoms with Crippen LogP contribution in [0.3, 0.4) is 0 Å². The van der Waals surface area contributed by atoms with Crippen molar-refractivity contribution in [2.24, 2.45) is 4.99 Å². The van der Waals surface area contributed by atoms with Crippen molar-refractivity contribution < 1.29 is 0 Å². The third kappa shape index (κ3) is 2.65. The molecule has 0 atom stereocenters. The van der Waals surface area contributed by atoms with Crippen molar-refractivity contribution in [3.63, 3.8) is 0 Å². The van der Waals surface area contributed by atoms with Crippen LogP contribution >= 0.6 is 11.3 Å². The first-order valence-electron chi connectivity index (χ1n) is 11.6. The fourth-order valence-corrected chi connectivity index (χ4v) is 6.57. The lowest BCUT2D eigenvalue weighted by atomic mass is 9.92. The smallest absolute Gasteiger partial charge is 0.0653 e. The van der Waals surface area contributed by atoms with Crippen LogP contribution < -0.4 is 0 Å². The van der Waals surface area contributed by atoms with Crippen LogP contribution in [0.15, 0.2) is 95.3 Å². The van der Waals surface area contributed by atoms with Crippen LogP contribution in [0.25, 0.3) is 54.4 Å². The highest BCUT2D eigenvalue weighted by Crippen LogP contribution is 2.46. The molecule has 0 saturated heterocycles. The molecule has 2 aromatic heterocycles. The molecule has 7 rings (SSSR count). The lowest BCUT2D eigenvalue weighted by molar-refractivity contribution is 1.03. The van der Waals surface area contributed by atoms with E-state index in [1.807, 2.05) is 11.3 Å². The average molecular weight is 455 g/mol. The summed E-state index contributed by atoms with van der Waals surface area (Å²) in [6.45, 7) is 4.37. The Labute approximate surface area is 201 Å². The minimum absolute atomic E-state index is 0.589. The highest BCUT2D eigenvalue weighted by Gasteiger charge is 2.23. The van der Waals surface area contributed by atoms with E-state index in [2.05, 4.69) is 113 Å². The SMILES string of the molecule is C=NCc1ccccc1-n1c2ccc3ccsc3c2c2c3ccccc3c3c(c21)C=CC=CC3. The van der Waals surface area contributed by atoms with E-state index in [4.69, 9.17) is 0 Å². The Morgan fingerprint density at radius 2 is 1.74 bits per heavy atom. The molecule has 4 aromatic carbocycles. The first-order valence-corrected chi connectivity index (χ1v) is 12.5. The van der Waals surface area contributed by atoms with Crippen molar-refractivity contribution in [3.05, 3.63) is 107 Å². The van der Waals surface area contributed by atoms with Gasteiger partial charge in [-0.3, -0.25) is 4.99 Å². The second kappa shape index (κ2) is 7.54. The molecule has 6 aromatic rings. The maximum Gasteiger partial charge on any atom is 0.0653 e. The van der Waals surface area contributed by atoms with Gasteiger partial charge in [0.1, 0.15) is 0 Å². The summed E-state index contributed by atoms with van der Waals surface area (Å²) in [5.74, 6) is 0. The van der Waals surface area contributed by atoms with Crippen molar-refractivity contribution >= 4 is 66.8 Å². The number of allylic oxidation sites excluding steroid dienone is 3. The summed E-state index contributed by atoms with van der Waals surface area (Å²) >= 11 is 1.83. The fourth-order valence-electron chi connectivity index (χ4n) is 5.62. The number of benzene rings is 4. The summed E-state index contributed by atoms with van der Waals surface area (Å²) in [7, 11) is 0. The largest absolute Gasteiger partial charge is 0.308 e. The molecule has 1 aliphatic carbocycles. The topological polar surface area (TPSA) is 17.3 Å². The van der Waals surface area contributed by atoms with Crippen molar-refractivity contribution in [2.45, 2.75) is 13.0 Å². The van der Waals surface area contributed by atoms with Gasteiger partial charge < -0.3 is 4.57 Å². The van der Waals surface area contributed by atoms with Gasteiger partial charge in [-0.05, 0) is 64.0 Å². The van der Waals surface area contributed by atoms with Crippen molar-refractivity contribution in [2.75, 3.05) is 0 Å². The highest BCUT2D eigenvalue weighted by atomic mass is 32.1. The van der Waals surface area contributed by atoms with Crippen LogP contribution in [0.4, 0.5) is 0 Å². The van der Waals surface area contributed by atoms with Gasteiger partial charge in [-0.1, -0.05) is 72.8 Å². The molecular weight excluding hydrogens is 432 g/mol. The van der Waals surface area contributed by atoms with Gasteiger partial charge in [0.2, 0.25) is 0 Å². The molecule has 1 aliphatic rings. The summed E-state index contributed by atoms with van der Waals surface area (Å²) in [4.78, 5) is 4.25. The zero-order chi connectivity index (χ0) is 22.6. The Bertz CT molecular complexity index is 1830. The van der Waals surface area contributed by atoms with E-state index in [1.54, 1.807) is 0 Å². The highest BCUT2D eigenvalue weighted by molar-refractivity contribution is 7.18. The number of rotatable bonds is 3. The summed E-state index contributed by atoms with van der Waals surface area (Å²) in [6.07, 6.45) is 9.83. The van der Waals surface area contributed by atoms with Crippen LogP contribution in [0.5, 0.6) is 0 Å². The van der Waals surface area contributed by atoms with Gasteiger partial charge in [-0.25, -0.2) is 0 Å². The van der Waals surface area contributed by atoms with Gasteiger partial charge in [0.15, 0.2) is 0 Å². The number of hydrogen-bond donors (Lipinski definition) is 0. The predicted molar refractivity (Wildman–Crippen MR) is 149 cm³/mol. The number of hydrogen-bond acceptors (Lipinski definition) is 2. The van der Waals surface area contributed by atoms with E-state index in [0.29, 0.717) is 6.54 Å². The van der Waals surface area contributed by atoms with Gasteiger partial charge in [0.25, 0.3) is 0 Å². The first-order chi connectivity index (χ1) is 16.9. The van der Waals surface area contributed by atoms with Gasteiger partial charge in [-0.2, -0.15) is 0 Å². The maximum absolute atomic E-state index is 4.25. The van der Waals surface area contributed by atoms with E-state index in [9.17, 15) is 0 Å². The Morgan fingerprint density at radius 1 is 0.882 bits per heavy atom. The molecule has 0 spiro atoms. The van der Waals surface area contributed by atoms with E-state index in [0.717, 1.165) is 6.42 Å². The molecule has 0 bridgehead atoms. The molecule has 3 heteroatoms. The summed E-state index contributed by atoms with van der Waals surface area (Å²) in [6, 6.07) is 24.3. The maximum atomic E-state index is 4.25. The molecule has 2 nitrogen and oxygen atoms in total. The van der Waals surface area contributed by atoms with Crippen LogP contribution in [-0.4, -0.2) is 11.3 Å². The summed E-state index contributed by atoms with van der Waals surface area (Å²) < 4.78 is 3.83. The molecule has 34 heavy (non-hydrogen) atoms. The van der Waals surface area contributed by atoms with E-state index >= 15 is 0 Å². The second-order valence-corrected chi connectivity index (χ2v) is 9.71. The lowest BCUT2D eigenvalue weighted by Gasteiger charge is -2.17. The molecule has 0 unspecified atom stereocenters. The van der Waals surface area contributed by atoms with Crippen LogP contribution in [0, 0.1) is 0 Å². The Kier molecular flexibility index (Phi) is 4.33. The van der Waals surface area contributed by atoms with Crippen LogP contribution in [0.1, 0.15) is 16.7 Å². The van der Waals surface area contributed by atoms with Gasteiger partial charge in [0, 0.05) is 21.0 Å². The standard InChI is InChI=1S/C31H22N2S/c1-32-19-21-9-5-8-14-26(21)33-27-16-15-20-17-18-34-31(20)29(27)28-24-12-7-6-11-22(24)23-10-3-2-4-13-25(23)30(28)33/h2-9,11-18H,1,10,19H2. The molecule has 0 fully saturated rings.